The highest BCUT2D eigenvalue weighted by molar-refractivity contribution is 9.10. The lowest BCUT2D eigenvalue weighted by Crippen LogP contribution is -2.16. The lowest BCUT2D eigenvalue weighted by molar-refractivity contribution is 0.194. The molecule has 2 aromatic carbocycles. The summed E-state index contributed by atoms with van der Waals surface area (Å²) in [5.74, 6) is 1.08. The van der Waals surface area contributed by atoms with Gasteiger partial charge >= 0.3 is 0 Å². The molecule has 0 atom stereocenters. The summed E-state index contributed by atoms with van der Waals surface area (Å²) in [6.07, 6.45) is 1.52. The molecule has 10 heteroatoms. The number of ether oxygens (including phenoxy) is 2. The summed E-state index contributed by atoms with van der Waals surface area (Å²) >= 11 is 3.46. The molecule has 0 fully saturated rings. The fourth-order valence-electron chi connectivity index (χ4n) is 2.78. The summed E-state index contributed by atoms with van der Waals surface area (Å²) in [6, 6.07) is 14.3. The third-order valence-electron chi connectivity index (χ3n) is 4.16. The second-order valence-corrected chi connectivity index (χ2v) is 7.17. The second-order valence-electron chi connectivity index (χ2n) is 6.31. The maximum absolute atomic E-state index is 12.3. The van der Waals surface area contributed by atoms with Crippen LogP contribution in [0.3, 0.4) is 0 Å². The van der Waals surface area contributed by atoms with Crippen molar-refractivity contribution >= 4 is 28.1 Å². The summed E-state index contributed by atoms with van der Waals surface area (Å²) in [6.45, 7) is 2.31. The molecular formula is C22H20BrN5O4. The standard InChI is InChI=1S/C22H20BrN5O4/c1-2-31-18-10-15(17(23)11-19(18)32-9-8-29)13-25-28-22-26-20(14-6-4-3-5-7-14)16(12-24)21(30)27-22/h3-7,10-11,13,29H,2,8-9H2,1H3,(H2,26,27,28,30). The van der Waals surface area contributed by atoms with E-state index in [1.165, 1.54) is 6.21 Å². The van der Waals surface area contributed by atoms with Crippen LogP contribution in [0, 0.1) is 11.3 Å². The topological polar surface area (TPSA) is 133 Å². The van der Waals surface area contributed by atoms with Gasteiger partial charge in [-0.15, -0.1) is 0 Å². The van der Waals surface area contributed by atoms with Crippen molar-refractivity contribution in [2.75, 3.05) is 25.2 Å². The molecule has 0 aliphatic heterocycles. The third kappa shape index (κ3) is 5.51. The molecule has 1 aromatic heterocycles. The van der Waals surface area contributed by atoms with Crippen molar-refractivity contribution in [1.82, 2.24) is 9.97 Å². The van der Waals surface area contributed by atoms with E-state index in [9.17, 15) is 10.1 Å². The lowest BCUT2D eigenvalue weighted by atomic mass is 10.1. The van der Waals surface area contributed by atoms with Crippen molar-refractivity contribution in [3.8, 4) is 28.8 Å². The van der Waals surface area contributed by atoms with E-state index in [-0.39, 0.29) is 30.4 Å². The number of aliphatic hydroxyl groups excluding tert-OH is 1. The van der Waals surface area contributed by atoms with Crippen LogP contribution in [0.1, 0.15) is 18.1 Å². The van der Waals surface area contributed by atoms with Crippen LogP contribution >= 0.6 is 15.9 Å². The van der Waals surface area contributed by atoms with Crippen LogP contribution in [0.25, 0.3) is 11.3 Å². The minimum absolute atomic E-state index is 0.0756. The fourth-order valence-corrected chi connectivity index (χ4v) is 3.21. The number of rotatable bonds is 9. The second kappa shape index (κ2) is 11.1. The van der Waals surface area contributed by atoms with E-state index in [0.29, 0.717) is 33.7 Å². The Labute approximate surface area is 192 Å². The zero-order valence-electron chi connectivity index (χ0n) is 17.1. The van der Waals surface area contributed by atoms with Crippen molar-refractivity contribution < 1.29 is 14.6 Å². The van der Waals surface area contributed by atoms with Gasteiger partial charge in [0.1, 0.15) is 18.2 Å². The van der Waals surface area contributed by atoms with E-state index in [2.05, 4.69) is 36.4 Å². The smallest absolute Gasteiger partial charge is 0.270 e. The predicted molar refractivity (Wildman–Crippen MR) is 124 cm³/mol. The predicted octanol–water partition coefficient (Wildman–Crippen LogP) is 3.29. The molecule has 3 N–H and O–H groups in total. The zero-order valence-corrected chi connectivity index (χ0v) is 18.7. The zero-order chi connectivity index (χ0) is 22.9. The van der Waals surface area contributed by atoms with Gasteiger partial charge in [0.25, 0.3) is 5.56 Å². The number of nitrogens with zero attached hydrogens (tertiary/aromatic N) is 3. The number of H-pyrrole nitrogens is 1. The average Bonchev–Trinajstić information content (AvgIpc) is 2.80. The summed E-state index contributed by atoms with van der Waals surface area (Å²) in [7, 11) is 0. The Kier molecular flexibility index (Phi) is 7.96. The van der Waals surface area contributed by atoms with E-state index >= 15 is 0 Å². The van der Waals surface area contributed by atoms with Crippen LogP contribution in [0.15, 0.2) is 56.8 Å². The van der Waals surface area contributed by atoms with Gasteiger partial charge in [-0.05, 0) is 35.0 Å². The van der Waals surface area contributed by atoms with Gasteiger partial charge in [0.2, 0.25) is 5.95 Å². The number of aromatic nitrogens is 2. The van der Waals surface area contributed by atoms with Crippen molar-refractivity contribution in [2.24, 2.45) is 5.10 Å². The van der Waals surface area contributed by atoms with Crippen LogP contribution in [0.5, 0.6) is 11.5 Å². The van der Waals surface area contributed by atoms with Gasteiger partial charge in [-0.1, -0.05) is 30.3 Å². The molecule has 0 radical (unpaired) electrons. The van der Waals surface area contributed by atoms with E-state index in [1.807, 2.05) is 19.1 Å². The summed E-state index contributed by atoms with van der Waals surface area (Å²) in [5, 5.41) is 22.5. The molecule has 32 heavy (non-hydrogen) atoms. The molecule has 3 rings (SSSR count). The molecule has 0 amide bonds. The molecule has 3 aromatic rings. The molecule has 0 spiro atoms. The molecule has 0 saturated carbocycles. The normalized spacial score (nSPS) is 10.7. The molecule has 0 aliphatic carbocycles. The maximum Gasteiger partial charge on any atom is 0.270 e. The number of nitriles is 1. The van der Waals surface area contributed by atoms with Gasteiger partial charge in [-0.2, -0.15) is 10.4 Å². The Morgan fingerprint density at radius 2 is 2.03 bits per heavy atom. The van der Waals surface area contributed by atoms with E-state index in [4.69, 9.17) is 14.6 Å². The van der Waals surface area contributed by atoms with Gasteiger partial charge < -0.3 is 14.6 Å². The van der Waals surface area contributed by atoms with E-state index in [1.54, 1.807) is 36.4 Å². The number of hydrogen-bond donors (Lipinski definition) is 3. The van der Waals surface area contributed by atoms with Gasteiger partial charge in [0, 0.05) is 15.6 Å². The first-order valence-electron chi connectivity index (χ1n) is 9.66. The number of hydrogen-bond acceptors (Lipinski definition) is 8. The minimum atomic E-state index is -0.566. The van der Waals surface area contributed by atoms with Crippen molar-refractivity contribution in [3.05, 3.63) is 68.4 Å². The Hall–Kier alpha value is -3.68. The quantitative estimate of drug-likeness (QED) is 0.305. The molecule has 0 saturated heterocycles. The van der Waals surface area contributed by atoms with Crippen LogP contribution < -0.4 is 20.5 Å². The molecule has 0 aliphatic rings. The van der Waals surface area contributed by atoms with Crippen molar-refractivity contribution in [3.63, 3.8) is 0 Å². The van der Waals surface area contributed by atoms with Crippen molar-refractivity contribution in [2.45, 2.75) is 6.92 Å². The summed E-state index contributed by atoms with van der Waals surface area (Å²) in [5.41, 5.74) is 3.63. The van der Waals surface area contributed by atoms with E-state index < -0.39 is 5.56 Å². The molecule has 1 heterocycles. The fraction of sp³-hybridized carbons (Fsp3) is 0.182. The first-order valence-corrected chi connectivity index (χ1v) is 10.5. The first kappa shape index (κ1) is 23.0. The van der Waals surface area contributed by atoms with Gasteiger partial charge in [0.15, 0.2) is 11.5 Å². The number of halogens is 1. The summed E-state index contributed by atoms with van der Waals surface area (Å²) in [4.78, 5) is 19.2. The third-order valence-corrected chi connectivity index (χ3v) is 4.85. The first-order chi connectivity index (χ1) is 15.6. The Balaban J connectivity index is 1.87. The highest BCUT2D eigenvalue weighted by Crippen LogP contribution is 2.33. The maximum atomic E-state index is 12.3. The van der Waals surface area contributed by atoms with E-state index in [0.717, 1.165) is 0 Å². The van der Waals surface area contributed by atoms with Gasteiger partial charge in [0.05, 0.1) is 25.1 Å². The Morgan fingerprint density at radius 3 is 2.72 bits per heavy atom. The van der Waals surface area contributed by atoms with Crippen LogP contribution in [0.4, 0.5) is 5.95 Å². The van der Waals surface area contributed by atoms with Crippen LogP contribution in [-0.2, 0) is 0 Å². The van der Waals surface area contributed by atoms with Gasteiger partial charge in [-0.3, -0.25) is 9.78 Å². The minimum Gasteiger partial charge on any atom is -0.490 e. The molecular weight excluding hydrogens is 478 g/mol. The number of anilines is 1. The Morgan fingerprint density at radius 1 is 1.28 bits per heavy atom. The number of benzene rings is 2. The van der Waals surface area contributed by atoms with Crippen molar-refractivity contribution in [1.29, 1.82) is 5.26 Å². The highest BCUT2D eigenvalue weighted by Gasteiger charge is 2.13. The number of hydrazone groups is 1. The monoisotopic (exact) mass is 497 g/mol. The number of aliphatic hydroxyl groups is 1. The SMILES string of the molecule is CCOc1cc(C=NNc2nc(-c3ccccc3)c(C#N)c(=O)[nH]2)c(Br)cc1OCCO. The Bertz CT molecular complexity index is 1210. The van der Waals surface area contributed by atoms with Gasteiger partial charge in [-0.25, -0.2) is 10.4 Å². The van der Waals surface area contributed by atoms with Crippen LogP contribution in [0.2, 0.25) is 0 Å². The van der Waals surface area contributed by atoms with Crippen LogP contribution in [-0.4, -0.2) is 41.1 Å². The largest absolute Gasteiger partial charge is 0.490 e. The highest BCUT2D eigenvalue weighted by atomic mass is 79.9. The average molecular weight is 498 g/mol. The summed E-state index contributed by atoms with van der Waals surface area (Å²) < 4.78 is 11.8. The molecule has 0 unspecified atom stereocenters. The molecule has 164 valence electrons. The number of nitrogens with one attached hydrogen (secondary N) is 2. The number of aromatic amines is 1. The molecule has 9 nitrogen and oxygen atoms in total. The molecule has 0 bridgehead atoms. The lowest BCUT2D eigenvalue weighted by Gasteiger charge is -2.13.